The van der Waals surface area contributed by atoms with Gasteiger partial charge in [-0.2, -0.15) is 0 Å². The smallest absolute Gasteiger partial charge is 0.332 e. The lowest BCUT2D eigenvalue weighted by atomic mass is 10.2. The van der Waals surface area contributed by atoms with Gasteiger partial charge in [-0.1, -0.05) is 5.57 Å². The molecule has 0 heterocycles. The van der Waals surface area contributed by atoms with E-state index in [9.17, 15) is 9.59 Å². The van der Waals surface area contributed by atoms with Gasteiger partial charge >= 0.3 is 6.03 Å². The summed E-state index contributed by atoms with van der Waals surface area (Å²) in [7, 11) is 0. The molecular formula is C15H19N3O2. The summed E-state index contributed by atoms with van der Waals surface area (Å²) in [6, 6.07) is 6.15. The number of anilines is 2. The Morgan fingerprint density at radius 2 is 1.85 bits per heavy atom. The fourth-order valence-electron chi connectivity index (χ4n) is 1.96. The Bertz CT molecular complexity index is 545. The molecule has 5 nitrogen and oxygen atoms in total. The van der Waals surface area contributed by atoms with E-state index in [1.165, 1.54) is 19.8 Å². The molecule has 20 heavy (non-hydrogen) atoms. The van der Waals surface area contributed by atoms with Gasteiger partial charge in [0.25, 0.3) is 0 Å². The molecule has 1 aromatic rings. The maximum absolute atomic E-state index is 12.1. The van der Waals surface area contributed by atoms with Crippen LogP contribution in [0.2, 0.25) is 0 Å². The number of allylic oxidation sites excluding steroid dienone is 1. The van der Waals surface area contributed by atoms with Crippen LogP contribution in [0, 0.1) is 5.92 Å². The highest BCUT2D eigenvalue weighted by atomic mass is 16.2. The van der Waals surface area contributed by atoms with Gasteiger partial charge in [-0.05, 0) is 49.9 Å². The number of carbonyl (C=O) groups excluding carboxylic acids is 2. The van der Waals surface area contributed by atoms with Crippen LogP contribution in [-0.2, 0) is 4.79 Å². The minimum Gasteiger partial charge on any atom is -0.399 e. The van der Waals surface area contributed by atoms with Crippen molar-refractivity contribution in [3.63, 3.8) is 0 Å². The van der Waals surface area contributed by atoms with Crippen LogP contribution in [0.4, 0.5) is 16.2 Å². The monoisotopic (exact) mass is 273 g/mol. The maximum Gasteiger partial charge on any atom is 0.332 e. The minimum absolute atomic E-state index is 0.343. The predicted octanol–water partition coefficient (Wildman–Crippen LogP) is 2.65. The molecule has 0 radical (unpaired) electrons. The molecule has 0 saturated heterocycles. The first-order valence-corrected chi connectivity index (χ1v) is 6.62. The van der Waals surface area contributed by atoms with E-state index >= 15 is 0 Å². The van der Waals surface area contributed by atoms with E-state index in [0.717, 1.165) is 10.5 Å². The lowest BCUT2D eigenvalue weighted by molar-refractivity contribution is -0.115. The summed E-state index contributed by atoms with van der Waals surface area (Å²) in [4.78, 5) is 24.9. The van der Waals surface area contributed by atoms with Crippen LogP contribution >= 0.6 is 0 Å². The molecule has 0 unspecified atom stereocenters. The summed E-state index contributed by atoms with van der Waals surface area (Å²) in [6.45, 7) is 3.34. The second-order valence-electron chi connectivity index (χ2n) is 5.06. The molecule has 1 saturated carbocycles. The summed E-state index contributed by atoms with van der Waals surface area (Å²) in [5.41, 5.74) is 7.83. The molecule has 2 rings (SSSR count). The Labute approximate surface area is 118 Å². The van der Waals surface area contributed by atoms with Gasteiger partial charge in [-0.25, -0.2) is 9.69 Å². The van der Waals surface area contributed by atoms with Crippen LogP contribution in [0.5, 0.6) is 0 Å². The zero-order chi connectivity index (χ0) is 14.7. The topological polar surface area (TPSA) is 75.4 Å². The number of benzene rings is 1. The fraction of sp³-hybridized carbons (Fsp3) is 0.333. The molecule has 1 aliphatic rings. The van der Waals surface area contributed by atoms with Crippen LogP contribution in [0.1, 0.15) is 26.7 Å². The summed E-state index contributed by atoms with van der Waals surface area (Å²) >= 11 is 0. The fourth-order valence-corrected chi connectivity index (χ4v) is 1.96. The van der Waals surface area contributed by atoms with Gasteiger partial charge in [0.1, 0.15) is 0 Å². The third kappa shape index (κ3) is 3.38. The van der Waals surface area contributed by atoms with Crippen molar-refractivity contribution in [2.24, 2.45) is 5.92 Å². The van der Waals surface area contributed by atoms with Crippen molar-refractivity contribution >= 4 is 23.3 Å². The molecule has 0 aromatic heterocycles. The number of nitrogens with zero attached hydrogens (tertiary/aromatic N) is 1. The lowest BCUT2D eigenvalue weighted by Gasteiger charge is -2.19. The van der Waals surface area contributed by atoms with Crippen LogP contribution in [0.25, 0.3) is 0 Å². The van der Waals surface area contributed by atoms with Gasteiger partial charge < -0.3 is 11.1 Å². The Balaban J connectivity index is 2.11. The van der Waals surface area contributed by atoms with Gasteiger partial charge in [0.05, 0.1) is 5.69 Å². The number of imide groups is 1. The van der Waals surface area contributed by atoms with Crippen molar-refractivity contribution < 1.29 is 9.59 Å². The van der Waals surface area contributed by atoms with Crippen molar-refractivity contribution in [3.8, 4) is 0 Å². The van der Waals surface area contributed by atoms with Crippen LogP contribution in [-0.4, -0.2) is 11.9 Å². The first-order valence-electron chi connectivity index (χ1n) is 6.62. The number of nitrogen functional groups attached to an aromatic ring is 1. The number of hydrogen-bond donors (Lipinski definition) is 2. The Morgan fingerprint density at radius 3 is 2.35 bits per heavy atom. The quantitative estimate of drug-likeness (QED) is 0.831. The van der Waals surface area contributed by atoms with E-state index in [1.807, 2.05) is 6.92 Å². The zero-order valence-corrected chi connectivity index (χ0v) is 11.7. The largest absolute Gasteiger partial charge is 0.399 e. The summed E-state index contributed by atoms with van der Waals surface area (Å²) in [6.07, 6.45) is 4.03. The number of amides is 3. The molecule has 0 spiro atoms. The summed E-state index contributed by atoms with van der Waals surface area (Å²) < 4.78 is 0. The Hall–Kier alpha value is -2.30. The second kappa shape index (κ2) is 5.77. The van der Waals surface area contributed by atoms with Crippen molar-refractivity contribution in [1.82, 2.24) is 5.32 Å². The molecule has 1 fully saturated rings. The van der Waals surface area contributed by atoms with Crippen LogP contribution in [0.15, 0.2) is 36.0 Å². The first-order chi connectivity index (χ1) is 9.49. The molecule has 3 amide bonds. The van der Waals surface area contributed by atoms with E-state index in [1.54, 1.807) is 30.5 Å². The zero-order valence-electron chi connectivity index (χ0n) is 11.7. The lowest BCUT2D eigenvalue weighted by Crippen LogP contribution is -2.41. The second-order valence-corrected chi connectivity index (χ2v) is 5.06. The highest BCUT2D eigenvalue weighted by molar-refractivity contribution is 6.13. The van der Waals surface area contributed by atoms with E-state index in [2.05, 4.69) is 5.32 Å². The van der Waals surface area contributed by atoms with Crippen molar-refractivity contribution in [2.75, 3.05) is 10.6 Å². The van der Waals surface area contributed by atoms with E-state index in [4.69, 9.17) is 5.73 Å². The van der Waals surface area contributed by atoms with E-state index < -0.39 is 6.03 Å². The van der Waals surface area contributed by atoms with Crippen LogP contribution in [0.3, 0.4) is 0 Å². The number of nitrogens with one attached hydrogen (secondary N) is 1. The molecule has 1 aliphatic carbocycles. The van der Waals surface area contributed by atoms with Crippen molar-refractivity contribution in [3.05, 3.63) is 36.0 Å². The molecular weight excluding hydrogens is 254 g/mol. The average Bonchev–Trinajstić information content (AvgIpc) is 3.22. The SMILES string of the molecule is CC(=O)N(C(=O)N/C=C(\C)C1CC1)c1ccc(N)cc1. The summed E-state index contributed by atoms with van der Waals surface area (Å²) in [5.74, 6) is 0.238. The molecule has 0 atom stereocenters. The normalized spacial score (nSPS) is 14.8. The third-order valence-corrected chi connectivity index (χ3v) is 3.31. The van der Waals surface area contributed by atoms with E-state index in [0.29, 0.717) is 17.3 Å². The molecule has 106 valence electrons. The molecule has 3 N–H and O–H groups in total. The predicted molar refractivity (Wildman–Crippen MR) is 79.0 cm³/mol. The highest BCUT2D eigenvalue weighted by Crippen LogP contribution is 2.35. The van der Waals surface area contributed by atoms with Gasteiger partial charge in [0.15, 0.2) is 0 Å². The molecule has 5 heteroatoms. The molecule has 0 bridgehead atoms. The average molecular weight is 273 g/mol. The third-order valence-electron chi connectivity index (χ3n) is 3.31. The maximum atomic E-state index is 12.1. The number of rotatable bonds is 3. The molecule has 1 aromatic carbocycles. The Morgan fingerprint density at radius 1 is 1.25 bits per heavy atom. The number of nitrogens with two attached hydrogens (primary N) is 1. The van der Waals surface area contributed by atoms with Gasteiger partial charge in [0.2, 0.25) is 5.91 Å². The van der Waals surface area contributed by atoms with Gasteiger partial charge in [-0.15, -0.1) is 0 Å². The van der Waals surface area contributed by atoms with Gasteiger partial charge in [-0.3, -0.25) is 4.79 Å². The van der Waals surface area contributed by atoms with Gasteiger partial charge in [0, 0.05) is 18.8 Å². The minimum atomic E-state index is -0.456. The van der Waals surface area contributed by atoms with Crippen molar-refractivity contribution in [1.29, 1.82) is 0 Å². The van der Waals surface area contributed by atoms with Crippen LogP contribution < -0.4 is 16.0 Å². The summed E-state index contributed by atoms with van der Waals surface area (Å²) in [5, 5.41) is 2.67. The molecule has 0 aliphatic heterocycles. The Kier molecular flexibility index (Phi) is 4.08. The highest BCUT2D eigenvalue weighted by Gasteiger charge is 2.24. The first kappa shape index (κ1) is 14.1. The number of hydrogen-bond acceptors (Lipinski definition) is 3. The van der Waals surface area contributed by atoms with E-state index in [-0.39, 0.29) is 5.91 Å². The number of carbonyl (C=O) groups is 2. The van der Waals surface area contributed by atoms with Crippen molar-refractivity contribution in [2.45, 2.75) is 26.7 Å². The number of urea groups is 1. The standard InChI is InChI=1S/C15H19N3O2/c1-10(12-3-4-12)9-17-15(20)18(11(2)19)14-7-5-13(16)6-8-14/h5-9,12H,3-4,16H2,1-2H3,(H,17,20)/b10-9+.